The van der Waals surface area contributed by atoms with Crippen LogP contribution in [-0.2, 0) is 6.54 Å². The minimum atomic E-state index is -4.18. The van der Waals surface area contributed by atoms with Crippen LogP contribution >= 0.6 is 0 Å². The van der Waals surface area contributed by atoms with Crippen molar-refractivity contribution in [3.05, 3.63) is 23.8 Å². The predicted octanol–water partition coefficient (Wildman–Crippen LogP) is 2.10. The van der Waals surface area contributed by atoms with Gasteiger partial charge in [-0.2, -0.15) is 13.2 Å². The number of hydrogen-bond acceptors (Lipinski definition) is 4. The van der Waals surface area contributed by atoms with Crippen molar-refractivity contribution < 1.29 is 27.4 Å². The Balaban J connectivity index is 1.39. The van der Waals surface area contributed by atoms with Gasteiger partial charge in [0.1, 0.15) is 0 Å². The third-order valence-electron chi connectivity index (χ3n) is 4.24. The first-order valence-electron chi connectivity index (χ1n) is 8.09. The highest BCUT2D eigenvalue weighted by Gasteiger charge is 2.34. The van der Waals surface area contributed by atoms with E-state index in [-0.39, 0.29) is 25.3 Å². The Morgan fingerprint density at radius 1 is 1.28 bits per heavy atom. The number of fused-ring (bicyclic) bond motifs is 1. The fraction of sp³-hybridized carbons (Fsp3) is 0.562. The zero-order chi connectivity index (χ0) is 17.9. The van der Waals surface area contributed by atoms with E-state index in [2.05, 4.69) is 10.6 Å². The lowest BCUT2D eigenvalue weighted by Crippen LogP contribution is -2.39. The smallest absolute Gasteiger partial charge is 0.401 e. The molecule has 0 aliphatic carbocycles. The summed E-state index contributed by atoms with van der Waals surface area (Å²) in [5, 5.41) is 5.44. The Labute approximate surface area is 143 Å². The van der Waals surface area contributed by atoms with Crippen molar-refractivity contribution in [2.24, 2.45) is 5.92 Å². The summed E-state index contributed by atoms with van der Waals surface area (Å²) in [7, 11) is 0. The average molecular weight is 359 g/mol. The summed E-state index contributed by atoms with van der Waals surface area (Å²) in [5.41, 5.74) is 0.808. The van der Waals surface area contributed by atoms with Crippen molar-refractivity contribution in [3.8, 4) is 11.5 Å². The van der Waals surface area contributed by atoms with Gasteiger partial charge in [0.25, 0.3) is 0 Å². The number of urea groups is 1. The monoisotopic (exact) mass is 359 g/mol. The van der Waals surface area contributed by atoms with Crippen LogP contribution in [0.25, 0.3) is 0 Å². The highest BCUT2D eigenvalue weighted by molar-refractivity contribution is 5.74. The van der Waals surface area contributed by atoms with E-state index >= 15 is 0 Å². The van der Waals surface area contributed by atoms with Crippen LogP contribution in [0.15, 0.2) is 18.2 Å². The molecule has 9 heteroatoms. The van der Waals surface area contributed by atoms with Crippen LogP contribution in [0.3, 0.4) is 0 Å². The maximum Gasteiger partial charge on any atom is 0.401 e. The molecule has 138 valence electrons. The number of para-hydroxylation sites is 1. The molecule has 2 amide bonds. The molecule has 1 fully saturated rings. The van der Waals surface area contributed by atoms with Crippen LogP contribution in [0.5, 0.6) is 11.5 Å². The van der Waals surface area contributed by atoms with Crippen LogP contribution in [0.1, 0.15) is 12.0 Å². The normalized spacial score (nSPS) is 19.9. The Kier molecular flexibility index (Phi) is 5.22. The first-order chi connectivity index (χ1) is 11.9. The molecular weight excluding hydrogens is 339 g/mol. The van der Waals surface area contributed by atoms with E-state index in [1.54, 1.807) is 6.07 Å². The molecule has 0 bridgehead atoms. The van der Waals surface area contributed by atoms with E-state index in [0.29, 0.717) is 37.6 Å². The number of halogens is 3. The minimum absolute atomic E-state index is 0.0332. The topological polar surface area (TPSA) is 62.8 Å². The third-order valence-corrected chi connectivity index (χ3v) is 4.24. The first kappa shape index (κ1) is 17.7. The molecule has 2 heterocycles. The van der Waals surface area contributed by atoms with Crippen molar-refractivity contribution >= 4 is 6.03 Å². The predicted molar refractivity (Wildman–Crippen MR) is 83.4 cm³/mol. The molecule has 25 heavy (non-hydrogen) atoms. The molecule has 2 aliphatic heterocycles. The molecule has 0 aromatic heterocycles. The number of carbonyl (C=O) groups excluding carboxylic acids is 1. The number of hydrogen-bond donors (Lipinski definition) is 2. The Morgan fingerprint density at radius 3 is 2.92 bits per heavy atom. The molecule has 3 rings (SSSR count). The maximum atomic E-state index is 12.4. The minimum Gasteiger partial charge on any atom is -0.454 e. The molecule has 0 saturated carbocycles. The van der Waals surface area contributed by atoms with Crippen LogP contribution in [0, 0.1) is 5.92 Å². The number of nitrogens with zero attached hydrogens (tertiary/aromatic N) is 1. The Bertz CT molecular complexity index is 624. The van der Waals surface area contributed by atoms with Crippen LogP contribution in [0.2, 0.25) is 0 Å². The number of benzene rings is 1. The van der Waals surface area contributed by atoms with E-state index in [0.717, 1.165) is 5.56 Å². The van der Waals surface area contributed by atoms with Crippen molar-refractivity contribution in [2.75, 3.05) is 33.0 Å². The number of amides is 2. The molecule has 0 spiro atoms. The zero-order valence-electron chi connectivity index (χ0n) is 13.6. The maximum absolute atomic E-state index is 12.4. The number of rotatable bonds is 5. The lowest BCUT2D eigenvalue weighted by Gasteiger charge is -2.18. The van der Waals surface area contributed by atoms with Gasteiger partial charge in [-0.25, -0.2) is 4.79 Å². The highest BCUT2D eigenvalue weighted by Crippen LogP contribution is 2.35. The van der Waals surface area contributed by atoms with Crippen LogP contribution in [0.4, 0.5) is 18.0 Å². The van der Waals surface area contributed by atoms with E-state index in [1.807, 2.05) is 12.1 Å². The quantitative estimate of drug-likeness (QED) is 0.845. The highest BCUT2D eigenvalue weighted by atomic mass is 19.4. The van der Waals surface area contributed by atoms with Gasteiger partial charge in [-0.05, 0) is 24.9 Å². The van der Waals surface area contributed by atoms with Gasteiger partial charge in [-0.1, -0.05) is 12.1 Å². The molecular formula is C16H20F3N3O3. The van der Waals surface area contributed by atoms with E-state index < -0.39 is 12.7 Å². The summed E-state index contributed by atoms with van der Waals surface area (Å²) < 4.78 is 47.7. The first-order valence-corrected chi connectivity index (χ1v) is 8.09. The number of likely N-dealkylation sites (tertiary alicyclic amines) is 1. The molecule has 1 unspecified atom stereocenters. The fourth-order valence-electron chi connectivity index (χ4n) is 3.08. The Hall–Kier alpha value is -2.16. The van der Waals surface area contributed by atoms with Crippen molar-refractivity contribution in [1.82, 2.24) is 15.5 Å². The number of carbonyl (C=O) groups is 1. The van der Waals surface area contributed by atoms with Crippen LogP contribution in [-0.4, -0.2) is 50.1 Å². The standard InChI is InChI=1S/C16H20F3N3O3/c17-16(18,19)9-22-5-4-11(8-22)6-20-15(23)21-7-12-2-1-3-13-14(12)25-10-24-13/h1-3,11H,4-10H2,(H2,20,21,23). The second-order valence-corrected chi connectivity index (χ2v) is 6.22. The number of ether oxygens (including phenoxy) is 2. The van der Waals surface area contributed by atoms with Gasteiger partial charge in [0.2, 0.25) is 6.79 Å². The van der Waals surface area contributed by atoms with Gasteiger partial charge in [0.05, 0.1) is 6.54 Å². The van der Waals surface area contributed by atoms with Crippen molar-refractivity contribution in [2.45, 2.75) is 19.1 Å². The van der Waals surface area contributed by atoms with E-state index in [9.17, 15) is 18.0 Å². The third kappa shape index (κ3) is 4.91. The van der Waals surface area contributed by atoms with E-state index in [4.69, 9.17) is 9.47 Å². The molecule has 0 radical (unpaired) electrons. The summed E-state index contributed by atoms with van der Waals surface area (Å²) in [6.45, 7) is 0.652. The van der Waals surface area contributed by atoms with Gasteiger partial charge in [0.15, 0.2) is 11.5 Å². The second-order valence-electron chi connectivity index (χ2n) is 6.22. The number of nitrogens with one attached hydrogen (secondary N) is 2. The van der Waals surface area contributed by atoms with Crippen molar-refractivity contribution in [3.63, 3.8) is 0 Å². The summed E-state index contributed by atoms with van der Waals surface area (Å²) in [6, 6.07) is 5.08. The lowest BCUT2D eigenvalue weighted by atomic mass is 10.1. The van der Waals surface area contributed by atoms with Crippen molar-refractivity contribution in [1.29, 1.82) is 0 Å². The Morgan fingerprint density at radius 2 is 2.12 bits per heavy atom. The molecule has 2 aliphatic rings. The van der Waals surface area contributed by atoms with E-state index in [1.165, 1.54) is 4.90 Å². The van der Waals surface area contributed by atoms with Gasteiger partial charge in [-0.15, -0.1) is 0 Å². The van der Waals surface area contributed by atoms with Crippen LogP contribution < -0.4 is 20.1 Å². The largest absolute Gasteiger partial charge is 0.454 e. The van der Waals surface area contributed by atoms with Gasteiger partial charge < -0.3 is 20.1 Å². The molecule has 1 aromatic rings. The number of alkyl halides is 3. The van der Waals surface area contributed by atoms with Gasteiger partial charge in [0, 0.05) is 25.2 Å². The molecule has 1 atom stereocenters. The molecule has 1 saturated heterocycles. The fourth-order valence-corrected chi connectivity index (χ4v) is 3.08. The van der Waals surface area contributed by atoms with Gasteiger partial charge in [-0.3, -0.25) is 4.90 Å². The van der Waals surface area contributed by atoms with Gasteiger partial charge >= 0.3 is 12.2 Å². The zero-order valence-corrected chi connectivity index (χ0v) is 13.6. The summed E-state index contributed by atoms with van der Waals surface area (Å²) in [4.78, 5) is 13.3. The SMILES string of the molecule is O=C(NCc1cccc2c1OCO2)NCC1CCN(CC(F)(F)F)C1. The molecule has 2 N–H and O–H groups in total. The lowest BCUT2D eigenvalue weighted by molar-refractivity contribution is -0.143. The summed E-state index contributed by atoms with van der Waals surface area (Å²) >= 11 is 0. The summed E-state index contributed by atoms with van der Waals surface area (Å²) in [6.07, 6.45) is -3.53. The molecule has 1 aromatic carbocycles. The average Bonchev–Trinajstić information content (AvgIpc) is 3.18. The second kappa shape index (κ2) is 7.38. The molecule has 6 nitrogen and oxygen atoms in total. The summed E-state index contributed by atoms with van der Waals surface area (Å²) in [5.74, 6) is 1.31.